The van der Waals surface area contributed by atoms with E-state index in [0.29, 0.717) is 5.41 Å². The highest BCUT2D eigenvalue weighted by Gasteiger charge is 2.42. The maximum atomic E-state index is 2.70. The van der Waals surface area contributed by atoms with Crippen molar-refractivity contribution in [3.8, 4) is 0 Å². The molecular weight excluding hydrogens is 504 g/mol. The summed E-state index contributed by atoms with van der Waals surface area (Å²) in [5, 5.41) is 0. The van der Waals surface area contributed by atoms with Gasteiger partial charge in [0.1, 0.15) is 0 Å². The van der Waals surface area contributed by atoms with Crippen molar-refractivity contribution in [2.45, 2.75) is 193 Å². The van der Waals surface area contributed by atoms with Gasteiger partial charge in [0.2, 0.25) is 0 Å². The SMILES string of the molecule is CCCCC(CC)C(C)(C)C(CC(C)C1CCC(CC)C1)C(C)C(C)CC(CC)C(C)CC(C)C(C)CCC(C)CC. The first-order chi connectivity index (χ1) is 19.8. The summed E-state index contributed by atoms with van der Waals surface area (Å²) in [6.07, 6.45) is 21.2. The normalized spacial score (nSPS) is 25.3. The molecule has 1 aliphatic rings. The van der Waals surface area contributed by atoms with Gasteiger partial charge in [0, 0.05) is 0 Å². The van der Waals surface area contributed by atoms with Gasteiger partial charge in [-0.05, 0) is 115 Å². The molecule has 12 atom stereocenters. The van der Waals surface area contributed by atoms with E-state index in [2.05, 4.69) is 96.9 Å². The largest absolute Gasteiger partial charge is 0.0654 e. The standard InChI is InChI=1S/C42H84/c1-15-20-21-40(19-5)42(13,14)41(28-35(11)39-25-24-37(17-3)29-39)36(12)33(9)27-38(18-4)34(10)26-32(8)31(7)23-22-30(6)16-2/h30-41H,15-29H2,1-14H3. The van der Waals surface area contributed by atoms with Crippen molar-refractivity contribution in [1.82, 2.24) is 0 Å². The predicted octanol–water partition coefficient (Wildman–Crippen LogP) is 14.5. The fraction of sp³-hybridized carbons (Fsp3) is 1.00. The van der Waals surface area contributed by atoms with Gasteiger partial charge in [-0.2, -0.15) is 0 Å². The van der Waals surface area contributed by atoms with Crippen LogP contribution in [0.2, 0.25) is 0 Å². The van der Waals surface area contributed by atoms with Crippen LogP contribution in [0.4, 0.5) is 0 Å². The number of rotatable bonds is 23. The Balaban J connectivity index is 3.04. The van der Waals surface area contributed by atoms with E-state index >= 15 is 0 Å². The van der Waals surface area contributed by atoms with E-state index in [9.17, 15) is 0 Å². The van der Waals surface area contributed by atoms with Crippen LogP contribution in [0.15, 0.2) is 0 Å². The molecule has 1 fully saturated rings. The van der Waals surface area contributed by atoms with Crippen LogP contribution >= 0.6 is 0 Å². The minimum Gasteiger partial charge on any atom is -0.0654 e. The molecule has 0 aliphatic heterocycles. The smallest absolute Gasteiger partial charge is 0.0295 e. The van der Waals surface area contributed by atoms with Gasteiger partial charge in [0.05, 0.1) is 0 Å². The Labute approximate surface area is 269 Å². The molecule has 0 radical (unpaired) electrons. The van der Waals surface area contributed by atoms with Gasteiger partial charge in [-0.3, -0.25) is 0 Å². The van der Waals surface area contributed by atoms with Crippen LogP contribution in [0.3, 0.4) is 0 Å². The van der Waals surface area contributed by atoms with E-state index < -0.39 is 0 Å². The topological polar surface area (TPSA) is 0 Å². The molecule has 0 aromatic rings. The second kappa shape index (κ2) is 20.2. The Bertz CT molecular complexity index is 661. The first kappa shape index (κ1) is 40.0. The van der Waals surface area contributed by atoms with Crippen molar-refractivity contribution >= 4 is 0 Å². The van der Waals surface area contributed by atoms with Gasteiger partial charge in [0.15, 0.2) is 0 Å². The molecule has 0 saturated heterocycles. The molecule has 0 heterocycles. The maximum Gasteiger partial charge on any atom is -0.0295 e. The molecule has 252 valence electrons. The second-order valence-corrected chi connectivity index (χ2v) is 17.2. The monoisotopic (exact) mass is 589 g/mol. The van der Waals surface area contributed by atoms with E-state index in [1.54, 1.807) is 0 Å². The Morgan fingerprint density at radius 3 is 1.83 bits per heavy atom. The molecule has 1 saturated carbocycles. The quantitative estimate of drug-likeness (QED) is 0.111. The van der Waals surface area contributed by atoms with Crippen LogP contribution in [0.5, 0.6) is 0 Å². The lowest BCUT2D eigenvalue weighted by atomic mass is 9.57. The molecule has 0 spiro atoms. The zero-order chi connectivity index (χ0) is 32.0. The van der Waals surface area contributed by atoms with Gasteiger partial charge in [0.25, 0.3) is 0 Å². The fourth-order valence-corrected chi connectivity index (χ4v) is 9.58. The Morgan fingerprint density at radius 1 is 0.643 bits per heavy atom. The van der Waals surface area contributed by atoms with Crippen molar-refractivity contribution in [3.05, 3.63) is 0 Å². The predicted molar refractivity (Wildman–Crippen MR) is 193 cm³/mol. The second-order valence-electron chi connectivity index (χ2n) is 17.2. The van der Waals surface area contributed by atoms with Gasteiger partial charge < -0.3 is 0 Å². The zero-order valence-electron chi connectivity index (χ0n) is 32.0. The third-order valence-corrected chi connectivity index (χ3v) is 14.1. The Morgan fingerprint density at radius 2 is 1.31 bits per heavy atom. The van der Waals surface area contributed by atoms with Crippen molar-refractivity contribution in [1.29, 1.82) is 0 Å². The van der Waals surface area contributed by atoms with E-state index in [-0.39, 0.29) is 0 Å². The highest BCUT2D eigenvalue weighted by atomic mass is 14.5. The third-order valence-electron chi connectivity index (χ3n) is 14.1. The van der Waals surface area contributed by atoms with E-state index in [4.69, 9.17) is 0 Å². The van der Waals surface area contributed by atoms with Crippen LogP contribution in [0.1, 0.15) is 193 Å². The summed E-state index contributed by atoms with van der Waals surface area (Å²) in [5.41, 5.74) is 0.418. The summed E-state index contributed by atoms with van der Waals surface area (Å²) in [4.78, 5) is 0. The minimum absolute atomic E-state index is 0.418. The zero-order valence-corrected chi connectivity index (χ0v) is 32.0. The first-order valence-electron chi connectivity index (χ1n) is 19.8. The van der Waals surface area contributed by atoms with Crippen molar-refractivity contribution in [2.24, 2.45) is 76.4 Å². The van der Waals surface area contributed by atoms with Crippen LogP contribution in [-0.4, -0.2) is 0 Å². The number of unbranched alkanes of at least 4 members (excludes halogenated alkanes) is 1. The van der Waals surface area contributed by atoms with Gasteiger partial charge in [-0.1, -0.05) is 155 Å². The molecule has 0 bridgehead atoms. The summed E-state index contributed by atoms with van der Waals surface area (Å²) in [6, 6.07) is 0. The average Bonchev–Trinajstić information content (AvgIpc) is 3.46. The molecule has 12 unspecified atom stereocenters. The van der Waals surface area contributed by atoms with Crippen LogP contribution in [0, 0.1) is 76.4 Å². The molecule has 1 aliphatic carbocycles. The summed E-state index contributed by atoms with van der Waals surface area (Å²) in [5.74, 6) is 10.5. The molecule has 0 N–H and O–H groups in total. The third kappa shape index (κ3) is 12.4. The Kier molecular flexibility index (Phi) is 19.2. The summed E-state index contributed by atoms with van der Waals surface area (Å²) in [6.45, 7) is 35.7. The molecule has 0 aromatic heterocycles. The number of hydrogen-bond acceptors (Lipinski definition) is 0. The highest BCUT2D eigenvalue weighted by molar-refractivity contribution is 4.92. The van der Waals surface area contributed by atoms with Crippen molar-refractivity contribution in [2.75, 3.05) is 0 Å². The summed E-state index contributed by atoms with van der Waals surface area (Å²) < 4.78 is 0. The molecule has 0 nitrogen and oxygen atoms in total. The van der Waals surface area contributed by atoms with E-state index in [1.807, 2.05) is 0 Å². The lowest BCUT2D eigenvalue weighted by molar-refractivity contribution is 0.0154. The molecule has 0 amide bonds. The summed E-state index contributed by atoms with van der Waals surface area (Å²) in [7, 11) is 0. The van der Waals surface area contributed by atoms with Crippen molar-refractivity contribution < 1.29 is 0 Å². The molecule has 0 heteroatoms. The van der Waals surface area contributed by atoms with Crippen LogP contribution in [-0.2, 0) is 0 Å². The molecule has 0 aromatic carbocycles. The summed E-state index contributed by atoms with van der Waals surface area (Å²) >= 11 is 0. The van der Waals surface area contributed by atoms with Gasteiger partial charge >= 0.3 is 0 Å². The van der Waals surface area contributed by atoms with Crippen LogP contribution in [0.25, 0.3) is 0 Å². The van der Waals surface area contributed by atoms with E-state index in [0.717, 1.165) is 71.0 Å². The van der Waals surface area contributed by atoms with Gasteiger partial charge in [-0.15, -0.1) is 0 Å². The molecule has 42 heavy (non-hydrogen) atoms. The lowest BCUT2D eigenvalue weighted by Crippen LogP contribution is -2.40. The minimum atomic E-state index is 0.418. The van der Waals surface area contributed by atoms with Crippen molar-refractivity contribution in [3.63, 3.8) is 0 Å². The fourth-order valence-electron chi connectivity index (χ4n) is 9.58. The molecular formula is C42H84. The van der Waals surface area contributed by atoms with Crippen LogP contribution < -0.4 is 0 Å². The number of hydrogen-bond donors (Lipinski definition) is 0. The highest BCUT2D eigenvalue weighted by Crippen LogP contribution is 2.51. The maximum absolute atomic E-state index is 2.70. The van der Waals surface area contributed by atoms with Gasteiger partial charge in [-0.25, -0.2) is 0 Å². The van der Waals surface area contributed by atoms with E-state index in [1.165, 1.54) is 96.3 Å². The average molecular weight is 589 g/mol. The Hall–Kier alpha value is 0. The molecule has 1 rings (SSSR count). The lowest BCUT2D eigenvalue weighted by Gasteiger charge is -2.48. The first-order valence-corrected chi connectivity index (χ1v) is 19.8.